The minimum absolute atomic E-state index is 0.107. The molecular formula is C16H28N2O2S. The van der Waals surface area contributed by atoms with Gasteiger partial charge in [-0.05, 0) is 58.6 Å². The van der Waals surface area contributed by atoms with Gasteiger partial charge in [0, 0.05) is 29.9 Å². The fourth-order valence-corrected chi connectivity index (χ4v) is 5.09. The second kappa shape index (κ2) is 5.99. The Morgan fingerprint density at radius 1 is 1.14 bits per heavy atom. The standard InChI is InChI=1S/C16H28N2O2S/c1-16(2,3)20-15(19)18-13-4-5-14(18)9-12(8-13)17-11-6-7-21-10-11/h11-14,17H,4-10H2,1-3H3. The van der Waals surface area contributed by atoms with Crippen molar-refractivity contribution in [2.45, 2.75) is 82.6 Å². The lowest BCUT2D eigenvalue weighted by atomic mass is 9.97. The number of fused-ring (bicyclic) bond motifs is 2. The molecule has 2 bridgehead atoms. The number of nitrogens with one attached hydrogen (secondary N) is 1. The fraction of sp³-hybridized carbons (Fsp3) is 0.938. The Labute approximate surface area is 132 Å². The van der Waals surface area contributed by atoms with Gasteiger partial charge in [-0.3, -0.25) is 0 Å². The molecule has 0 spiro atoms. The highest BCUT2D eigenvalue weighted by Crippen LogP contribution is 2.37. The first-order chi connectivity index (χ1) is 9.92. The van der Waals surface area contributed by atoms with Crippen molar-refractivity contribution in [3.63, 3.8) is 0 Å². The van der Waals surface area contributed by atoms with Gasteiger partial charge in [-0.15, -0.1) is 0 Å². The Morgan fingerprint density at radius 2 is 1.81 bits per heavy atom. The first kappa shape index (κ1) is 15.5. The zero-order chi connectivity index (χ0) is 15.0. The lowest BCUT2D eigenvalue weighted by Crippen LogP contribution is -2.54. The molecular weight excluding hydrogens is 284 g/mol. The summed E-state index contributed by atoms with van der Waals surface area (Å²) in [5.41, 5.74) is -0.396. The van der Waals surface area contributed by atoms with Crippen LogP contribution in [0.4, 0.5) is 4.79 Å². The lowest BCUT2D eigenvalue weighted by Gasteiger charge is -2.40. The summed E-state index contributed by atoms with van der Waals surface area (Å²) in [6.07, 6.45) is 5.66. The molecule has 1 amide bonds. The maximum atomic E-state index is 12.4. The average Bonchev–Trinajstić information content (AvgIpc) is 2.94. The van der Waals surface area contributed by atoms with Crippen LogP contribution >= 0.6 is 11.8 Å². The molecule has 0 aromatic carbocycles. The van der Waals surface area contributed by atoms with Crippen LogP contribution < -0.4 is 5.32 Å². The number of carbonyl (C=O) groups excluding carboxylic acids is 1. The van der Waals surface area contributed by atoms with E-state index in [-0.39, 0.29) is 6.09 Å². The molecule has 0 aromatic rings. The largest absolute Gasteiger partial charge is 0.444 e. The monoisotopic (exact) mass is 312 g/mol. The molecule has 21 heavy (non-hydrogen) atoms. The Balaban J connectivity index is 1.57. The first-order valence-electron chi connectivity index (χ1n) is 8.27. The molecule has 5 heteroatoms. The van der Waals surface area contributed by atoms with Crippen LogP contribution in [-0.4, -0.2) is 52.3 Å². The van der Waals surface area contributed by atoms with Gasteiger partial charge in [0.2, 0.25) is 0 Å². The molecule has 3 atom stereocenters. The molecule has 3 fully saturated rings. The van der Waals surface area contributed by atoms with Crippen molar-refractivity contribution < 1.29 is 9.53 Å². The minimum atomic E-state index is -0.396. The van der Waals surface area contributed by atoms with E-state index in [1.807, 2.05) is 25.7 Å². The summed E-state index contributed by atoms with van der Waals surface area (Å²) < 4.78 is 5.59. The van der Waals surface area contributed by atoms with E-state index >= 15 is 0 Å². The van der Waals surface area contributed by atoms with Crippen molar-refractivity contribution >= 4 is 17.9 Å². The van der Waals surface area contributed by atoms with Gasteiger partial charge in [-0.25, -0.2) is 4.79 Å². The second-order valence-corrected chi connectivity index (χ2v) is 8.82. The van der Waals surface area contributed by atoms with Crippen molar-refractivity contribution in [3.05, 3.63) is 0 Å². The first-order valence-corrected chi connectivity index (χ1v) is 9.43. The number of hydrogen-bond acceptors (Lipinski definition) is 4. The molecule has 0 saturated carbocycles. The molecule has 0 radical (unpaired) electrons. The lowest BCUT2D eigenvalue weighted by molar-refractivity contribution is 0.00440. The number of amides is 1. The van der Waals surface area contributed by atoms with Gasteiger partial charge in [0.1, 0.15) is 5.60 Å². The van der Waals surface area contributed by atoms with Crippen molar-refractivity contribution in [2.24, 2.45) is 0 Å². The SMILES string of the molecule is CC(C)(C)OC(=O)N1C2CCC1CC(NC1CCSC1)C2. The summed E-state index contributed by atoms with van der Waals surface area (Å²) in [5, 5.41) is 3.83. The predicted octanol–water partition coefficient (Wildman–Crippen LogP) is 3.01. The summed E-state index contributed by atoms with van der Waals surface area (Å²) >= 11 is 2.05. The summed E-state index contributed by atoms with van der Waals surface area (Å²) in [5.74, 6) is 2.54. The number of hydrogen-bond donors (Lipinski definition) is 1. The fourth-order valence-electron chi connectivity index (χ4n) is 3.93. The van der Waals surface area contributed by atoms with Gasteiger partial charge in [-0.2, -0.15) is 11.8 Å². The third kappa shape index (κ3) is 3.67. The number of rotatable bonds is 2. The number of carbonyl (C=O) groups is 1. The van der Waals surface area contributed by atoms with Crippen molar-refractivity contribution in [3.8, 4) is 0 Å². The van der Waals surface area contributed by atoms with E-state index < -0.39 is 5.60 Å². The zero-order valence-corrected chi connectivity index (χ0v) is 14.2. The Kier molecular flexibility index (Phi) is 4.42. The van der Waals surface area contributed by atoms with Crippen LogP contribution in [0.15, 0.2) is 0 Å². The topological polar surface area (TPSA) is 41.6 Å². The van der Waals surface area contributed by atoms with Crippen LogP contribution in [0.2, 0.25) is 0 Å². The van der Waals surface area contributed by atoms with Crippen LogP contribution in [0.25, 0.3) is 0 Å². The van der Waals surface area contributed by atoms with Gasteiger partial charge in [0.05, 0.1) is 0 Å². The van der Waals surface area contributed by atoms with Crippen LogP contribution in [0, 0.1) is 0 Å². The van der Waals surface area contributed by atoms with Gasteiger partial charge in [0.15, 0.2) is 0 Å². The Morgan fingerprint density at radius 3 is 2.33 bits per heavy atom. The molecule has 120 valence electrons. The van der Waals surface area contributed by atoms with E-state index in [1.165, 1.54) is 17.9 Å². The number of nitrogens with zero attached hydrogens (tertiary/aromatic N) is 1. The Bertz CT molecular complexity index is 376. The maximum absolute atomic E-state index is 12.4. The number of thioether (sulfide) groups is 1. The third-order valence-electron chi connectivity index (χ3n) is 4.74. The van der Waals surface area contributed by atoms with E-state index in [0.717, 1.165) is 25.7 Å². The summed E-state index contributed by atoms with van der Waals surface area (Å²) in [6.45, 7) is 5.83. The summed E-state index contributed by atoms with van der Waals surface area (Å²) in [6, 6.07) is 2.03. The van der Waals surface area contributed by atoms with Crippen molar-refractivity contribution in [1.82, 2.24) is 10.2 Å². The summed E-state index contributed by atoms with van der Waals surface area (Å²) in [4.78, 5) is 14.4. The molecule has 0 aliphatic carbocycles. The van der Waals surface area contributed by atoms with Crippen LogP contribution in [0.1, 0.15) is 52.9 Å². The highest BCUT2D eigenvalue weighted by Gasteiger charge is 2.45. The molecule has 3 aliphatic heterocycles. The van der Waals surface area contributed by atoms with E-state index in [0.29, 0.717) is 24.2 Å². The quantitative estimate of drug-likeness (QED) is 0.851. The predicted molar refractivity (Wildman–Crippen MR) is 86.8 cm³/mol. The maximum Gasteiger partial charge on any atom is 0.410 e. The van der Waals surface area contributed by atoms with E-state index in [2.05, 4.69) is 17.1 Å². The molecule has 3 rings (SSSR count). The van der Waals surface area contributed by atoms with Gasteiger partial charge < -0.3 is 15.0 Å². The highest BCUT2D eigenvalue weighted by molar-refractivity contribution is 7.99. The van der Waals surface area contributed by atoms with E-state index in [1.54, 1.807) is 0 Å². The molecule has 4 nitrogen and oxygen atoms in total. The normalized spacial score (nSPS) is 36.0. The van der Waals surface area contributed by atoms with Crippen LogP contribution in [0.3, 0.4) is 0 Å². The molecule has 3 heterocycles. The third-order valence-corrected chi connectivity index (χ3v) is 5.90. The van der Waals surface area contributed by atoms with Gasteiger partial charge >= 0.3 is 6.09 Å². The highest BCUT2D eigenvalue weighted by atomic mass is 32.2. The van der Waals surface area contributed by atoms with E-state index in [4.69, 9.17) is 4.74 Å². The molecule has 1 N–H and O–H groups in total. The molecule has 3 aliphatic rings. The van der Waals surface area contributed by atoms with Crippen LogP contribution in [-0.2, 0) is 4.74 Å². The van der Waals surface area contributed by atoms with E-state index in [9.17, 15) is 4.79 Å². The van der Waals surface area contributed by atoms with Crippen molar-refractivity contribution in [2.75, 3.05) is 11.5 Å². The second-order valence-electron chi connectivity index (χ2n) is 7.67. The average molecular weight is 312 g/mol. The summed E-state index contributed by atoms with van der Waals surface area (Å²) in [7, 11) is 0. The molecule has 3 unspecified atom stereocenters. The van der Waals surface area contributed by atoms with Gasteiger partial charge in [-0.1, -0.05) is 0 Å². The number of ether oxygens (including phenoxy) is 1. The van der Waals surface area contributed by atoms with Crippen molar-refractivity contribution in [1.29, 1.82) is 0 Å². The number of piperidine rings is 1. The zero-order valence-electron chi connectivity index (χ0n) is 13.4. The molecule has 3 saturated heterocycles. The minimum Gasteiger partial charge on any atom is -0.444 e. The van der Waals surface area contributed by atoms with Gasteiger partial charge in [0.25, 0.3) is 0 Å². The Hall–Kier alpha value is -0.420. The smallest absolute Gasteiger partial charge is 0.410 e. The van der Waals surface area contributed by atoms with Crippen LogP contribution in [0.5, 0.6) is 0 Å². The molecule has 0 aromatic heterocycles.